The Hall–Kier alpha value is -3.22. The van der Waals surface area contributed by atoms with Crippen molar-refractivity contribution in [1.82, 2.24) is 14.7 Å². The molecule has 1 aliphatic heterocycles. The number of hydrogen-bond acceptors (Lipinski definition) is 4. The number of aryl methyl sites for hydroxylation is 1. The van der Waals surface area contributed by atoms with Crippen molar-refractivity contribution in [2.24, 2.45) is 0 Å². The molecule has 0 unspecified atom stereocenters. The van der Waals surface area contributed by atoms with Crippen molar-refractivity contribution in [3.63, 3.8) is 0 Å². The summed E-state index contributed by atoms with van der Waals surface area (Å²) in [4.78, 5) is 22.4. The third kappa shape index (κ3) is 5.09. The Bertz CT molecular complexity index is 1330. The molecule has 0 saturated carbocycles. The standard InChI is InChI=1S/C27H27Cl2N5O/c1-2-24-26(34-12-11-21(29)17-25(34)31-24)27(35)30-18-19-3-7-22(8-4-19)32-13-15-33(16-14-32)23-9-5-20(28)6-10-23/h3-12,17H,2,13-16,18H2,1H3,(H,30,35). The first-order chi connectivity index (χ1) is 17.0. The number of fused-ring (bicyclic) bond motifs is 1. The maximum Gasteiger partial charge on any atom is 0.270 e. The normalized spacial score (nSPS) is 13.9. The lowest BCUT2D eigenvalue weighted by atomic mass is 10.1. The minimum atomic E-state index is -0.140. The molecule has 35 heavy (non-hydrogen) atoms. The lowest BCUT2D eigenvalue weighted by molar-refractivity contribution is 0.0944. The summed E-state index contributed by atoms with van der Waals surface area (Å²) in [6.07, 6.45) is 2.46. The van der Waals surface area contributed by atoms with Gasteiger partial charge < -0.3 is 15.1 Å². The largest absolute Gasteiger partial charge is 0.368 e. The Balaban J connectivity index is 1.19. The van der Waals surface area contributed by atoms with E-state index < -0.39 is 0 Å². The van der Waals surface area contributed by atoms with Gasteiger partial charge in [-0.25, -0.2) is 4.98 Å². The minimum absolute atomic E-state index is 0.140. The van der Waals surface area contributed by atoms with Gasteiger partial charge in [0.1, 0.15) is 11.3 Å². The number of carbonyl (C=O) groups is 1. The van der Waals surface area contributed by atoms with Gasteiger partial charge in [0.25, 0.3) is 5.91 Å². The zero-order valence-corrected chi connectivity index (χ0v) is 21.1. The molecule has 3 heterocycles. The van der Waals surface area contributed by atoms with Crippen molar-refractivity contribution in [2.45, 2.75) is 19.9 Å². The molecular formula is C27H27Cl2N5O. The third-order valence-electron chi connectivity index (χ3n) is 6.44. The number of halogens is 2. The highest BCUT2D eigenvalue weighted by molar-refractivity contribution is 6.31. The molecular weight excluding hydrogens is 481 g/mol. The predicted octanol–water partition coefficient (Wildman–Crippen LogP) is 5.46. The smallest absolute Gasteiger partial charge is 0.270 e. The second-order valence-electron chi connectivity index (χ2n) is 8.63. The molecule has 1 saturated heterocycles. The minimum Gasteiger partial charge on any atom is -0.368 e. The molecule has 0 aliphatic carbocycles. The average Bonchev–Trinajstić information content (AvgIpc) is 3.26. The van der Waals surface area contributed by atoms with Crippen LogP contribution in [0.1, 0.15) is 28.7 Å². The van der Waals surface area contributed by atoms with E-state index in [-0.39, 0.29) is 5.91 Å². The molecule has 2 aromatic carbocycles. The van der Waals surface area contributed by atoms with Crippen molar-refractivity contribution in [3.8, 4) is 0 Å². The van der Waals surface area contributed by atoms with Crippen LogP contribution in [0.15, 0.2) is 66.9 Å². The van der Waals surface area contributed by atoms with E-state index in [4.69, 9.17) is 23.2 Å². The van der Waals surface area contributed by atoms with Gasteiger partial charge >= 0.3 is 0 Å². The van der Waals surface area contributed by atoms with Gasteiger partial charge in [-0.3, -0.25) is 9.20 Å². The Kier molecular flexibility index (Phi) is 6.84. The first kappa shape index (κ1) is 23.5. The summed E-state index contributed by atoms with van der Waals surface area (Å²) in [7, 11) is 0. The summed E-state index contributed by atoms with van der Waals surface area (Å²) in [6, 6.07) is 20.0. The number of amides is 1. The molecule has 1 fully saturated rings. The van der Waals surface area contributed by atoms with E-state index in [0.29, 0.717) is 29.3 Å². The molecule has 4 aromatic rings. The van der Waals surface area contributed by atoms with Crippen molar-refractivity contribution in [2.75, 3.05) is 36.0 Å². The SMILES string of the molecule is CCc1nc2cc(Cl)ccn2c1C(=O)NCc1ccc(N2CCN(c3ccc(Cl)cc3)CC2)cc1. The number of aromatic nitrogens is 2. The van der Waals surface area contributed by atoms with E-state index in [1.165, 1.54) is 11.4 Å². The summed E-state index contributed by atoms with van der Waals surface area (Å²) in [5.41, 5.74) is 5.47. The fourth-order valence-electron chi connectivity index (χ4n) is 4.52. The number of hydrogen-bond donors (Lipinski definition) is 1. The van der Waals surface area contributed by atoms with Crippen molar-refractivity contribution < 1.29 is 4.79 Å². The van der Waals surface area contributed by atoms with Gasteiger partial charge in [-0.05, 0) is 54.4 Å². The zero-order chi connectivity index (χ0) is 24.4. The molecule has 0 radical (unpaired) electrons. The van der Waals surface area contributed by atoms with Crippen LogP contribution in [0.25, 0.3) is 5.65 Å². The molecule has 8 heteroatoms. The van der Waals surface area contributed by atoms with Crippen LogP contribution in [0.4, 0.5) is 11.4 Å². The lowest BCUT2D eigenvalue weighted by Crippen LogP contribution is -2.46. The van der Waals surface area contributed by atoms with Crippen molar-refractivity contribution in [1.29, 1.82) is 0 Å². The lowest BCUT2D eigenvalue weighted by Gasteiger charge is -2.37. The number of pyridine rings is 1. The number of piperazine rings is 1. The second-order valence-corrected chi connectivity index (χ2v) is 9.51. The predicted molar refractivity (Wildman–Crippen MR) is 143 cm³/mol. The topological polar surface area (TPSA) is 52.9 Å². The van der Waals surface area contributed by atoms with Gasteiger partial charge in [0.15, 0.2) is 0 Å². The molecule has 0 spiro atoms. The van der Waals surface area contributed by atoms with Crippen molar-refractivity contribution >= 4 is 46.1 Å². The van der Waals surface area contributed by atoms with Gasteiger partial charge in [0.05, 0.1) is 5.69 Å². The van der Waals surface area contributed by atoms with Crippen LogP contribution in [-0.4, -0.2) is 41.5 Å². The van der Waals surface area contributed by atoms with E-state index >= 15 is 0 Å². The van der Waals surface area contributed by atoms with E-state index in [1.54, 1.807) is 22.7 Å². The maximum atomic E-state index is 13.0. The molecule has 0 bridgehead atoms. The molecule has 2 aromatic heterocycles. The van der Waals surface area contributed by atoms with Crippen LogP contribution in [0.2, 0.25) is 10.0 Å². The number of rotatable bonds is 6. The molecule has 1 N–H and O–H groups in total. The molecule has 0 atom stereocenters. The van der Waals surface area contributed by atoms with Crippen LogP contribution in [0.5, 0.6) is 0 Å². The summed E-state index contributed by atoms with van der Waals surface area (Å²) >= 11 is 12.1. The Morgan fingerprint density at radius 3 is 2.09 bits per heavy atom. The Morgan fingerprint density at radius 2 is 1.49 bits per heavy atom. The summed E-state index contributed by atoms with van der Waals surface area (Å²) in [5, 5.41) is 4.41. The van der Waals surface area contributed by atoms with Crippen molar-refractivity contribution in [3.05, 3.63) is 93.9 Å². The zero-order valence-electron chi connectivity index (χ0n) is 19.5. The van der Waals surface area contributed by atoms with E-state index in [2.05, 4.69) is 56.5 Å². The molecule has 1 amide bonds. The highest BCUT2D eigenvalue weighted by atomic mass is 35.5. The van der Waals surface area contributed by atoms with Gasteiger partial charge in [0, 0.05) is 66.4 Å². The molecule has 6 nitrogen and oxygen atoms in total. The van der Waals surface area contributed by atoms with Gasteiger partial charge in [-0.2, -0.15) is 0 Å². The number of benzene rings is 2. The number of imidazole rings is 1. The fourth-order valence-corrected chi connectivity index (χ4v) is 4.80. The van der Waals surface area contributed by atoms with Crippen LogP contribution < -0.4 is 15.1 Å². The monoisotopic (exact) mass is 507 g/mol. The van der Waals surface area contributed by atoms with E-state index in [9.17, 15) is 4.79 Å². The maximum absolute atomic E-state index is 13.0. The molecule has 180 valence electrons. The number of nitrogens with zero attached hydrogens (tertiary/aromatic N) is 4. The first-order valence-corrected chi connectivity index (χ1v) is 12.6. The third-order valence-corrected chi connectivity index (χ3v) is 6.92. The summed E-state index contributed by atoms with van der Waals surface area (Å²) in [5.74, 6) is -0.140. The number of carbonyl (C=O) groups excluding carboxylic acids is 1. The van der Waals surface area contributed by atoms with Crippen LogP contribution >= 0.6 is 23.2 Å². The number of nitrogens with one attached hydrogen (secondary N) is 1. The Morgan fingerprint density at radius 1 is 0.886 bits per heavy atom. The van der Waals surface area contributed by atoms with Crippen LogP contribution in [-0.2, 0) is 13.0 Å². The van der Waals surface area contributed by atoms with Crippen LogP contribution in [0, 0.1) is 0 Å². The molecule has 1 aliphatic rings. The van der Waals surface area contributed by atoms with E-state index in [1.807, 2.05) is 19.1 Å². The highest BCUT2D eigenvalue weighted by Gasteiger charge is 2.19. The van der Waals surface area contributed by atoms with E-state index in [0.717, 1.165) is 42.5 Å². The fraction of sp³-hybridized carbons (Fsp3) is 0.259. The van der Waals surface area contributed by atoms with Crippen LogP contribution in [0.3, 0.4) is 0 Å². The van der Waals surface area contributed by atoms with Gasteiger partial charge in [0.2, 0.25) is 0 Å². The number of anilines is 2. The van der Waals surface area contributed by atoms with Gasteiger partial charge in [-0.15, -0.1) is 0 Å². The first-order valence-electron chi connectivity index (χ1n) is 11.8. The average molecular weight is 508 g/mol. The molecule has 5 rings (SSSR count). The summed E-state index contributed by atoms with van der Waals surface area (Å²) < 4.78 is 1.80. The quantitative estimate of drug-likeness (QED) is 0.376. The highest BCUT2D eigenvalue weighted by Crippen LogP contribution is 2.23. The Labute approximate surface area is 215 Å². The van der Waals surface area contributed by atoms with Gasteiger partial charge in [-0.1, -0.05) is 42.3 Å². The second kappa shape index (κ2) is 10.2. The summed E-state index contributed by atoms with van der Waals surface area (Å²) in [6.45, 7) is 6.28.